The third kappa shape index (κ3) is 3.90. The maximum atomic E-state index is 12.9. The number of aromatic nitrogens is 2. The standard InChI is InChI=1S/C24H25N3O4S/c1-24(2)11-15-5-4-6-20(22(15)31-24)30-12-21(28)25-23-18-13-32-14-19(18)26-27(23)16-7-9-17(29-3)10-8-16/h4-10H,11-14H2,1-3H3,(H,25,28). The van der Waals surface area contributed by atoms with Crippen molar-refractivity contribution in [3.8, 4) is 22.9 Å². The van der Waals surface area contributed by atoms with Gasteiger partial charge in [-0.1, -0.05) is 12.1 Å². The van der Waals surface area contributed by atoms with E-state index in [-0.39, 0.29) is 18.1 Å². The van der Waals surface area contributed by atoms with Crippen LogP contribution in [0.15, 0.2) is 42.5 Å². The number of hydrogen-bond acceptors (Lipinski definition) is 6. The van der Waals surface area contributed by atoms with E-state index in [2.05, 4.69) is 5.32 Å². The molecule has 5 rings (SSSR count). The molecule has 2 aromatic carbocycles. The van der Waals surface area contributed by atoms with Crippen LogP contribution < -0.4 is 19.5 Å². The summed E-state index contributed by atoms with van der Waals surface area (Å²) in [7, 11) is 1.63. The van der Waals surface area contributed by atoms with Crippen LogP contribution in [0.3, 0.4) is 0 Å². The van der Waals surface area contributed by atoms with Crippen molar-refractivity contribution in [2.45, 2.75) is 37.4 Å². The summed E-state index contributed by atoms with van der Waals surface area (Å²) in [6.07, 6.45) is 0.816. The third-order valence-corrected chi connectivity index (χ3v) is 6.51. The molecule has 2 aliphatic rings. The summed E-state index contributed by atoms with van der Waals surface area (Å²) >= 11 is 1.79. The molecule has 3 heterocycles. The Balaban J connectivity index is 1.34. The van der Waals surface area contributed by atoms with E-state index in [1.807, 2.05) is 56.3 Å². The van der Waals surface area contributed by atoms with E-state index in [1.54, 1.807) is 23.6 Å². The number of nitrogens with one attached hydrogen (secondary N) is 1. The number of amides is 1. The van der Waals surface area contributed by atoms with E-state index >= 15 is 0 Å². The molecule has 0 bridgehead atoms. The first-order chi connectivity index (χ1) is 15.4. The molecule has 0 saturated carbocycles. The Kier molecular flexibility index (Phi) is 5.25. The average molecular weight is 452 g/mol. The number of ether oxygens (including phenoxy) is 3. The van der Waals surface area contributed by atoms with Gasteiger partial charge in [-0.05, 0) is 44.2 Å². The smallest absolute Gasteiger partial charge is 0.263 e. The lowest BCUT2D eigenvalue weighted by molar-refractivity contribution is -0.118. The lowest BCUT2D eigenvalue weighted by atomic mass is 10.0. The van der Waals surface area contributed by atoms with Gasteiger partial charge in [0.15, 0.2) is 18.1 Å². The molecule has 0 aliphatic carbocycles. The van der Waals surface area contributed by atoms with Crippen LogP contribution in [-0.4, -0.2) is 35.0 Å². The molecule has 2 aliphatic heterocycles. The van der Waals surface area contributed by atoms with E-state index in [0.29, 0.717) is 11.6 Å². The van der Waals surface area contributed by atoms with Crippen molar-refractivity contribution in [1.82, 2.24) is 9.78 Å². The number of benzene rings is 2. The number of hydrogen-bond donors (Lipinski definition) is 1. The van der Waals surface area contributed by atoms with Crippen molar-refractivity contribution < 1.29 is 19.0 Å². The van der Waals surface area contributed by atoms with Crippen LogP contribution in [0.1, 0.15) is 30.7 Å². The van der Waals surface area contributed by atoms with E-state index in [1.165, 1.54) is 0 Å². The van der Waals surface area contributed by atoms with Gasteiger partial charge in [0.2, 0.25) is 0 Å². The lowest BCUT2D eigenvalue weighted by Gasteiger charge is -2.18. The zero-order chi connectivity index (χ0) is 22.3. The van der Waals surface area contributed by atoms with E-state index < -0.39 is 0 Å². The number of fused-ring (bicyclic) bond motifs is 2. The summed E-state index contributed by atoms with van der Waals surface area (Å²) in [6, 6.07) is 13.4. The van der Waals surface area contributed by atoms with E-state index in [0.717, 1.165) is 51.9 Å². The Labute approximate surface area is 191 Å². The van der Waals surface area contributed by atoms with Gasteiger partial charge in [0.05, 0.1) is 18.5 Å². The van der Waals surface area contributed by atoms with Gasteiger partial charge in [-0.3, -0.25) is 4.79 Å². The van der Waals surface area contributed by atoms with Gasteiger partial charge in [-0.15, -0.1) is 0 Å². The van der Waals surface area contributed by atoms with E-state index in [9.17, 15) is 4.79 Å². The fraction of sp³-hybridized carbons (Fsp3) is 0.333. The van der Waals surface area contributed by atoms with Gasteiger partial charge < -0.3 is 19.5 Å². The highest BCUT2D eigenvalue weighted by Crippen LogP contribution is 2.42. The topological polar surface area (TPSA) is 74.6 Å². The van der Waals surface area contributed by atoms with Crippen LogP contribution in [0, 0.1) is 0 Å². The highest BCUT2D eigenvalue weighted by atomic mass is 32.2. The average Bonchev–Trinajstić information content (AvgIpc) is 3.45. The summed E-state index contributed by atoms with van der Waals surface area (Å²) in [6.45, 7) is 3.97. The second kappa shape index (κ2) is 8.09. The van der Waals surface area contributed by atoms with Crippen molar-refractivity contribution in [3.63, 3.8) is 0 Å². The molecular formula is C24H25N3O4S. The molecule has 32 heavy (non-hydrogen) atoms. The maximum Gasteiger partial charge on any atom is 0.263 e. The molecular weight excluding hydrogens is 426 g/mol. The SMILES string of the molecule is COc1ccc(-n2nc3c(c2NC(=O)COc2cccc4c2OC(C)(C)C4)CSC3)cc1. The Morgan fingerprint density at radius 1 is 1.22 bits per heavy atom. The summed E-state index contributed by atoms with van der Waals surface area (Å²) in [5.74, 6) is 4.19. The predicted molar refractivity (Wildman–Crippen MR) is 124 cm³/mol. The molecule has 166 valence electrons. The molecule has 0 atom stereocenters. The Bertz CT molecular complexity index is 1170. The molecule has 1 N–H and O–H groups in total. The first-order valence-corrected chi connectivity index (χ1v) is 11.7. The van der Waals surface area contributed by atoms with Gasteiger partial charge in [0.1, 0.15) is 17.2 Å². The minimum Gasteiger partial charge on any atom is -0.497 e. The molecule has 1 amide bonds. The van der Waals surface area contributed by atoms with Crippen LogP contribution in [-0.2, 0) is 22.7 Å². The molecule has 0 radical (unpaired) electrons. The zero-order valence-electron chi connectivity index (χ0n) is 18.3. The van der Waals surface area contributed by atoms with Crippen molar-refractivity contribution in [1.29, 1.82) is 0 Å². The molecule has 0 saturated heterocycles. The normalized spacial score (nSPS) is 15.6. The predicted octanol–water partition coefficient (Wildman–Crippen LogP) is 4.36. The van der Waals surface area contributed by atoms with Crippen molar-refractivity contribution in [3.05, 3.63) is 59.3 Å². The fourth-order valence-corrected chi connectivity index (χ4v) is 5.10. The second-order valence-corrected chi connectivity index (χ2v) is 9.48. The fourth-order valence-electron chi connectivity index (χ4n) is 4.06. The highest BCUT2D eigenvalue weighted by molar-refractivity contribution is 7.98. The maximum absolute atomic E-state index is 12.9. The zero-order valence-corrected chi connectivity index (χ0v) is 19.1. The van der Waals surface area contributed by atoms with Crippen molar-refractivity contribution >= 4 is 23.5 Å². The van der Waals surface area contributed by atoms with Crippen LogP contribution in [0.2, 0.25) is 0 Å². The van der Waals surface area contributed by atoms with Gasteiger partial charge >= 0.3 is 0 Å². The number of para-hydroxylation sites is 1. The number of rotatable bonds is 6. The lowest BCUT2D eigenvalue weighted by Crippen LogP contribution is -2.25. The number of carbonyl (C=O) groups is 1. The molecule has 0 spiro atoms. The van der Waals surface area contributed by atoms with Gasteiger partial charge in [-0.25, -0.2) is 4.68 Å². The number of thioether (sulfide) groups is 1. The number of carbonyl (C=O) groups excluding carboxylic acids is 1. The Morgan fingerprint density at radius 2 is 2.03 bits per heavy atom. The molecule has 8 heteroatoms. The van der Waals surface area contributed by atoms with Crippen molar-refractivity contribution in [2.24, 2.45) is 0 Å². The van der Waals surface area contributed by atoms with Gasteiger partial charge in [-0.2, -0.15) is 16.9 Å². The van der Waals surface area contributed by atoms with Gasteiger partial charge in [0.25, 0.3) is 5.91 Å². The van der Waals surface area contributed by atoms with Crippen molar-refractivity contribution in [2.75, 3.05) is 19.0 Å². The summed E-state index contributed by atoms with van der Waals surface area (Å²) in [4.78, 5) is 12.9. The van der Waals surface area contributed by atoms with Crippen LogP contribution in [0.5, 0.6) is 17.2 Å². The van der Waals surface area contributed by atoms with Crippen LogP contribution in [0.4, 0.5) is 5.82 Å². The first kappa shape index (κ1) is 20.8. The number of nitrogens with zero attached hydrogens (tertiary/aromatic N) is 2. The van der Waals surface area contributed by atoms with Crippen LogP contribution >= 0.6 is 11.8 Å². The molecule has 0 fully saturated rings. The summed E-state index contributed by atoms with van der Waals surface area (Å²) in [5.41, 5.74) is 3.74. The monoisotopic (exact) mass is 451 g/mol. The third-order valence-electron chi connectivity index (χ3n) is 5.54. The minimum atomic E-state index is -0.271. The van der Waals surface area contributed by atoms with Crippen LogP contribution in [0.25, 0.3) is 5.69 Å². The molecule has 0 unspecified atom stereocenters. The Hall–Kier alpha value is -3.13. The highest BCUT2D eigenvalue weighted by Gasteiger charge is 2.32. The summed E-state index contributed by atoms with van der Waals surface area (Å²) in [5, 5.41) is 7.75. The second-order valence-electron chi connectivity index (χ2n) is 8.50. The summed E-state index contributed by atoms with van der Waals surface area (Å²) < 4.78 is 18.9. The molecule has 1 aromatic heterocycles. The quantitative estimate of drug-likeness (QED) is 0.600. The molecule has 7 nitrogen and oxygen atoms in total. The number of anilines is 1. The van der Waals surface area contributed by atoms with Gasteiger partial charge in [0, 0.05) is 29.1 Å². The first-order valence-electron chi connectivity index (χ1n) is 10.5. The minimum absolute atomic E-state index is 0.115. The largest absolute Gasteiger partial charge is 0.497 e. The Morgan fingerprint density at radius 3 is 2.81 bits per heavy atom. The number of methoxy groups -OCH3 is 1. The van der Waals surface area contributed by atoms with E-state index in [4.69, 9.17) is 19.3 Å². The molecule has 3 aromatic rings.